The fourth-order valence-corrected chi connectivity index (χ4v) is 18.0. The number of rotatable bonds is 61. The lowest BCUT2D eigenvalue weighted by molar-refractivity contribution is -0.162. The molecule has 6 rings (SSSR count). The van der Waals surface area contributed by atoms with Crippen LogP contribution < -0.4 is 59.8 Å². The number of carbonyl (C=O) groups excluding carboxylic acids is 13. The largest absolute Gasteiger partial charge is 0.508 e. The second kappa shape index (κ2) is 57.0. The third-order valence-electron chi connectivity index (χ3n) is 22.7. The van der Waals surface area contributed by atoms with E-state index in [-0.39, 0.29) is 147 Å². The highest BCUT2D eigenvalue weighted by atomic mass is 33.1. The van der Waals surface area contributed by atoms with Gasteiger partial charge in [-0.1, -0.05) is 88.1 Å². The number of thiazole rings is 1. The SMILES string of the molecule is CCCC(=O)OCN(C(=O)[C@@H](CC(=O)[C@H]1CCCCN1C)C(C)CC)[C@H](C[C@@H](OC(C)=O)c1nc(C(=O)N[C@@H](Cc2ccc(O)cc2)C[C@H](C)C(=O)NNC(=O)OCCSSC[C@@H](CC(=O)[C@@H](CC(=O)O)NC(=O)[C@@H](CC(=O)O)CC(=O)[C@@H](CCCNC(=N)N)NC(=O)[C@@H](CC(=O)O)CC(=O)CC[C@@H](NC(=O)c2ccc(NCc3cnc4nc(N)[nH]c(=O)c4n3)cc2)C(=O)O)C(=O)O)cs1)C(C)C.[2HH].[2HH].[2HH].[2HH].[2HH].[2HH]. The predicted octanol–water partition coefficient (Wildman–Crippen LogP) is 6.44. The molecule has 3 aromatic heterocycles. The number of carboxylic acid groups (broad SMARTS) is 5. The molecular formula is C89H134N18O28S3. The summed E-state index contributed by atoms with van der Waals surface area (Å²) in [4.78, 5) is 275. The Kier molecular flexibility index (Phi) is 46.9. The molecule has 0 radical (unpaired) electrons. The van der Waals surface area contributed by atoms with Gasteiger partial charge in [0.05, 0.1) is 73.6 Å². The van der Waals surface area contributed by atoms with Crippen LogP contribution >= 0.6 is 32.9 Å². The lowest BCUT2D eigenvalue weighted by atomic mass is 9.82. The maximum absolute atomic E-state index is 15.1. The van der Waals surface area contributed by atoms with Gasteiger partial charge in [0.2, 0.25) is 29.6 Å². The monoisotopic (exact) mass is 2000 g/mol. The summed E-state index contributed by atoms with van der Waals surface area (Å²) in [7, 11) is 3.73. The number of nitrogen functional groups attached to an aromatic ring is 1. The van der Waals surface area contributed by atoms with Crippen molar-refractivity contribution in [3.05, 3.63) is 98.0 Å². The number of nitrogens with two attached hydrogens (primary N) is 2. The number of phenols is 1. The summed E-state index contributed by atoms with van der Waals surface area (Å²) in [5, 5.41) is 84.3. The Morgan fingerprint density at radius 3 is 1.98 bits per heavy atom. The third kappa shape index (κ3) is 38.7. The highest BCUT2D eigenvalue weighted by molar-refractivity contribution is 8.76. The number of fused-ring (bicyclic) bond motifs is 1. The highest BCUT2D eigenvalue weighted by Gasteiger charge is 2.42. The number of likely N-dealkylation sites (tertiary alicyclic amines) is 1. The van der Waals surface area contributed by atoms with Crippen LogP contribution in [0.25, 0.3) is 11.2 Å². The van der Waals surface area contributed by atoms with E-state index < -0.39 is 236 Å². The van der Waals surface area contributed by atoms with Crippen LogP contribution in [0, 0.1) is 46.8 Å². The number of likely N-dealkylation sites (N-methyl/N-ethyl adjacent to an activating group) is 1. The number of hydrazine groups is 1. The van der Waals surface area contributed by atoms with Crippen molar-refractivity contribution in [2.75, 3.05) is 56.0 Å². The topological polar surface area (TPSA) is 719 Å². The van der Waals surface area contributed by atoms with E-state index >= 15 is 4.79 Å². The maximum atomic E-state index is 15.1. The van der Waals surface area contributed by atoms with E-state index in [2.05, 4.69) is 67.7 Å². The standard InChI is InChI=1S/C89H122N18O28S3.6H2/c1-9-14-74(120)134-45-107(84(127)60(47(5)10-2)38-69(113)65-16-11-12-28-106(65)8)66(46(3)4)40-70(135-49(7)108)83-101-64(44-136-83)81(125)97-56(32-50-17-23-58(109)24-18-50)31-48(6)77(121)104-105-89(132)133-29-30-137-138-43-54(85(128)129)35-68(112)63(39-73(118)119)100-80(124)53(37-72(116)117)34-67(111)61(15-13-27-93-87(90)91)98-79(123)52(36-71(114)115)33-59(110)25-26-62(86(130)131)99-78(122)51-19-21-55(22-20-51)94-41-57-42-95-76-75(96-57)82(126)103-88(92)102-76;;;;;;/h17-24,42,44,46-48,52-54,56,60-63,65-66,70,94,109H,9-16,25-41,43,45H2,1-8H3,(H,97,125)(H,98,123)(H,99,122)(H,100,124)(H,104,121)(H,105,132)(H,114,115)(H,116,117)(H,118,119)(H,128,129)(H,130,131)(H4,90,91,93)(H3,92,95,102,103,126);6*1H/t47?,48-,52+,53+,54+,56+,60-,61+,62+,63+,65+,66+,70+;;;;;;/m0....../s1/i;6*1+1. The van der Waals surface area contributed by atoms with E-state index in [9.17, 15) is 117 Å². The van der Waals surface area contributed by atoms with Gasteiger partial charge in [0.1, 0.15) is 34.9 Å². The van der Waals surface area contributed by atoms with Crippen molar-refractivity contribution in [3.63, 3.8) is 0 Å². The Morgan fingerprint density at radius 2 is 1.36 bits per heavy atom. The number of ketones is 4. The first-order valence-corrected chi connectivity index (χ1v) is 48.1. The van der Waals surface area contributed by atoms with Crippen molar-refractivity contribution in [2.45, 2.75) is 226 Å². The predicted molar refractivity (Wildman–Crippen MR) is 513 cm³/mol. The molecule has 0 bridgehead atoms. The number of hydrogen-bond donors (Lipinski definition) is 18. The third-order valence-corrected chi connectivity index (χ3v) is 26.0. The lowest BCUT2D eigenvalue weighted by Crippen LogP contribution is -2.50. The van der Waals surface area contributed by atoms with Gasteiger partial charge in [-0.25, -0.2) is 30.0 Å². The van der Waals surface area contributed by atoms with E-state index in [0.717, 1.165) is 52.3 Å². The molecule has 49 heteroatoms. The van der Waals surface area contributed by atoms with Gasteiger partial charge in [-0.3, -0.25) is 102 Å². The quantitative estimate of drug-likeness (QED) is 0.00291. The molecule has 7 amide bonds. The van der Waals surface area contributed by atoms with Crippen LogP contribution in [0.5, 0.6) is 5.75 Å². The molecule has 0 saturated carbocycles. The number of nitrogens with one attached hydrogen (secondary N) is 10. The molecule has 46 nitrogen and oxygen atoms in total. The van der Waals surface area contributed by atoms with Gasteiger partial charge in [0.25, 0.3) is 17.4 Å². The molecule has 766 valence electrons. The molecular weight excluding hydrogens is 1870 g/mol. The number of amides is 7. The molecule has 1 unspecified atom stereocenters. The summed E-state index contributed by atoms with van der Waals surface area (Å²) in [5.74, 6) is -26.6. The first-order chi connectivity index (χ1) is 65.3. The van der Waals surface area contributed by atoms with Crippen LogP contribution in [0.2, 0.25) is 0 Å². The van der Waals surface area contributed by atoms with Crippen LogP contribution in [0.3, 0.4) is 0 Å². The smallest absolute Gasteiger partial charge is 0.426 e. The number of hydrogen-bond acceptors (Lipinski definition) is 34. The first kappa shape index (κ1) is 113. The number of nitrogens with zero attached hydrogens (tertiary/aromatic N) is 6. The number of benzene rings is 2. The molecule has 13 atom stereocenters. The summed E-state index contributed by atoms with van der Waals surface area (Å²) in [6.45, 7) is 11.9. The number of anilines is 2. The zero-order valence-corrected chi connectivity index (χ0v) is 80.1. The van der Waals surface area contributed by atoms with E-state index in [4.69, 9.17) is 31.1 Å². The van der Waals surface area contributed by atoms with Crippen molar-refractivity contribution in [3.8, 4) is 5.75 Å². The first-order valence-electron chi connectivity index (χ1n) is 44.7. The van der Waals surface area contributed by atoms with Gasteiger partial charge in [-0.2, -0.15) is 4.98 Å². The molecule has 5 aromatic rings. The van der Waals surface area contributed by atoms with Gasteiger partial charge in [0, 0.05) is 119 Å². The summed E-state index contributed by atoms with van der Waals surface area (Å²) in [6, 6.07) is 4.31. The Labute approximate surface area is 814 Å². The summed E-state index contributed by atoms with van der Waals surface area (Å²) >= 11 is 1.00. The van der Waals surface area contributed by atoms with Crippen LogP contribution in [0.15, 0.2) is 64.9 Å². The summed E-state index contributed by atoms with van der Waals surface area (Å²) in [5.41, 5.74) is 16.0. The van der Waals surface area contributed by atoms with Crippen molar-refractivity contribution < 1.29 is 140 Å². The minimum Gasteiger partial charge on any atom is -0.508 e. The Bertz CT molecular complexity index is 5220. The number of ether oxygens (including phenoxy) is 3. The summed E-state index contributed by atoms with van der Waals surface area (Å²) < 4.78 is 16.8. The minimum absolute atomic E-state index is 0. The molecule has 20 N–H and O–H groups in total. The Hall–Kier alpha value is -13.3. The van der Waals surface area contributed by atoms with E-state index in [1.165, 1.54) is 66.7 Å². The van der Waals surface area contributed by atoms with Gasteiger partial charge in [-0.15, -0.1) is 11.3 Å². The highest BCUT2D eigenvalue weighted by Crippen LogP contribution is 2.35. The number of carbonyl (C=O) groups is 18. The van der Waals surface area contributed by atoms with Crippen molar-refractivity contribution >= 4 is 168 Å². The molecule has 4 heterocycles. The fraction of sp³-hybridized carbons (Fsp3) is 0.551. The number of phenolic OH excluding ortho intramolecular Hbond substituents is 1. The Balaban J connectivity index is 0.0000341. The van der Waals surface area contributed by atoms with Gasteiger partial charge < -0.3 is 93.1 Å². The number of guanidine groups is 1. The summed E-state index contributed by atoms with van der Waals surface area (Å²) in [6.07, 6.45) is -5.28. The number of aromatic amines is 1. The number of aromatic hydroxyl groups is 1. The molecule has 1 fully saturated rings. The molecule has 1 aliphatic heterocycles. The van der Waals surface area contributed by atoms with Crippen molar-refractivity contribution in [1.82, 2.24) is 72.2 Å². The zero-order valence-electron chi connectivity index (χ0n) is 77.7. The maximum Gasteiger partial charge on any atom is 0.426 e. The van der Waals surface area contributed by atoms with Crippen LogP contribution in [-0.2, 0) is 99.1 Å². The fourth-order valence-electron chi connectivity index (χ4n) is 15.0. The van der Waals surface area contributed by atoms with Crippen LogP contribution in [0.1, 0.15) is 222 Å². The van der Waals surface area contributed by atoms with Gasteiger partial charge in [0.15, 0.2) is 47.3 Å². The molecule has 1 saturated heterocycles. The second-order valence-corrected chi connectivity index (χ2v) is 37.4. The average molecular weight is 2010 g/mol. The number of Topliss-reactive ketones (excluding diaryl/α,β-unsaturated/α-hetero) is 4. The number of carboxylic acids is 5. The number of piperidine rings is 1. The lowest BCUT2D eigenvalue weighted by Gasteiger charge is -2.39. The number of aliphatic carboxylic acids is 5. The Morgan fingerprint density at radius 1 is 0.710 bits per heavy atom. The van der Waals surface area contributed by atoms with Gasteiger partial charge in [-0.05, 0) is 119 Å². The molecule has 0 spiro atoms. The van der Waals surface area contributed by atoms with E-state index in [1.54, 1.807) is 19.1 Å². The molecule has 2 aromatic carbocycles. The average Bonchev–Trinajstić information content (AvgIpc) is 1.00. The minimum atomic E-state index is -2.03. The second-order valence-electron chi connectivity index (χ2n) is 33.8. The number of aromatic nitrogens is 5. The molecule has 138 heavy (non-hydrogen) atoms. The zero-order chi connectivity index (χ0) is 102. The van der Waals surface area contributed by atoms with Crippen LogP contribution in [-0.4, -0.2) is 259 Å². The molecule has 1 aliphatic rings. The number of H-pyrrole nitrogens is 1. The van der Waals surface area contributed by atoms with Crippen molar-refractivity contribution in [1.29, 1.82) is 5.41 Å². The van der Waals surface area contributed by atoms with Gasteiger partial charge >= 0.3 is 47.9 Å². The van der Waals surface area contributed by atoms with Crippen molar-refractivity contribution in [2.24, 2.45) is 47.2 Å². The van der Waals surface area contributed by atoms with Crippen LogP contribution in [0.4, 0.5) is 16.4 Å². The van der Waals surface area contributed by atoms with E-state index in [1.807, 2.05) is 39.6 Å². The molecule has 0 aliphatic carbocycles. The van der Waals surface area contributed by atoms with E-state index in [0.29, 0.717) is 36.2 Å². The number of esters is 2. The normalized spacial score (nSPS) is 15.1.